The van der Waals surface area contributed by atoms with Crippen molar-refractivity contribution >= 4 is 17.5 Å². The van der Waals surface area contributed by atoms with E-state index in [-0.39, 0.29) is 24.2 Å². The molecule has 0 saturated carbocycles. The molecular formula is C22H22N2O3. The Morgan fingerprint density at radius 1 is 1.30 bits per heavy atom. The lowest BCUT2D eigenvalue weighted by Crippen LogP contribution is -2.37. The minimum Gasteiger partial charge on any atom is -0.497 e. The molecule has 1 aromatic carbocycles. The number of ether oxygens (including phenoxy) is 1. The molecule has 1 aromatic rings. The molecule has 3 aliphatic rings. The zero-order chi connectivity index (χ0) is 18.8. The molecule has 2 aliphatic carbocycles. The predicted molar refractivity (Wildman–Crippen MR) is 103 cm³/mol. The predicted octanol–water partition coefficient (Wildman–Crippen LogP) is 3.28. The van der Waals surface area contributed by atoms with E-state index in [0.717, 1.165) is 48.3 Å². The summed E-state index contributed by atoms with van der Waals surface area (Å²) in [6, 6.07) is 7.41. The second-order valence-corrected chi connectivity index (χ2v) is 7.06. The topological polar surface area (TPSA) is 67.8 Å². The van der Waals surface area contributed by atoms with Crippen molar-refractivity contribution in [1.82, 2.24) is 5.32 Å². The van der Waals surface area contributed by atoms with Crippen LogP contribution in [0.25, 0.3) is 0 Å². The number of fused-ring (bicyclic) bond motifs is 2. The summed E-state index contributed by atoms with van der Waals surface area (Å²) in [6.07, 6.45) is 10.0. The summed E-state index contributed by atoms with van der Waals surface area (Å²) in [6.45, 7) is 0. The van der Waals surface area contributed by atoms with Gasteiger partial charge in [-0.25, -0.2) is 4.99 Å². The normalized spacial score (nSPS) is 22.7. The van der Waals surface area contributed by atoms with E-state index in [1.807, 2.05) is 42.5 Å². The van der Waals surface area contributed by atoms with E-state index < -0.39 is 0 Å². The third kappa shape index (κ3) is 3.63. The number of allylic oxidation sites excluding steroid dienone is 3. The van der Waals surface area contributed by atoms with E-state index in [4.69, 9.17) is 4.74 Å². The van der Waals surface area contributed by atoms with E-state index in [9.17, 15) is 9.59 Å². The van der Waals surface area contributed by atoms with Gasteiger partial charge in [0.2, 0.25) is 0 Å². The summed E-state index contributed by atoms with van der Waals surface area (Å²) in [7, 11) is 1.60. The Morgan fingerprint density at radius 2 is 2.15 bits per heavy atom. The molecule has 5 heteroatoms. The molecule has 0 saturated heterocycles. The lowest BCUT2D eigenvalue weighted by atomic mass is 9.77. The second kappa shape index (κ2) is 7.35. The van der Waals surface area contributed by atoms with E-state index in [1.54, 1.807) is 7.11 Å². The highest BCUT2D eigenvalue weighted by Crippen LogP contribution is 2.38. The molecular weight excluding hydrogens is 340 g/mol. The molecule has 1 N–H and O–H groups in total. The van der Waals surface area contributed by atoms with Gasteiger partial charge in [-0.3, -0.25) is 9.59 Å². The zero-order valence-corrected chi connectivity index (χ0v) is 15.3. The number of hydrogen-bond acceptors (Lipinski definition) is 3. The van der Waals surface area contributed by atoms with Crippen LogP contribution in [0.2, 0.25) is 0 Å². The third-order valence-electron chi connectivity index (χ3n) is 5.26. The highest BCUT2D eigenvalue weighted by molar-refractivity contribution is 6.11. The minimum atomic E-state index is -0.224. The van der Waals surface area contributed by atoms with Gasteiger partial charge in [0, 0.05) is 17.2 Å². The Morgan fingerprint density at radius 3 is 3.00 bits per heavy atom. The van der Waals surface area contributed by atoms with E-state index in [1.165, 1.54) is 5.57 Å². The van der Waals surface area contributed by atoms with Crippen LogP contribution < -0.4 is 10.1 Å². The molecule has 1 heterocycles. The first kappa shape index (κ1) is 17.5. The van der Waals surface area contributed by atoms with Crippen LogP contribution in [0.3, 0.4) is 0 Å². The standard InChI is InChI=1S/C22H22N2O3/c1-27-16-6-4-5-14(11-16)12-21(25)23-15-9-10-18-17-7-2-3-8-19(17)22(26)24-20(18)13-15/h4-6,9-11,13,18H,2-3,7-8,12H2,1H3,(H,24,26). The number of carbonyl (C=O) groups is 2. The SMILES string of the molecule is COc1cccc(CC(=O)N=C2C=CC3C(=C2)NC(=O)C2=C3CCCC2)c1. The summed E-state index contributed by atoms with van der Waals surface area (Å²) >= 11 is 0. The first-order valence-electron chi connectivity index (χ1n) is 9.31. The van der Waals surface area contributed by atoms with Crippen molar-refractivity contribution < 1.29 is 14.3 Å². The molecule has 5 nitrogen and oxygen atoms in total. The van der Waals surface area contributed by atoms with Gasteiger partial charge in [0.15, 0.2) is 0 Å². The van der Waals surface area contributed by atoms with Gasteiger partial charge >= 0.3 is 0 Å². The number of aliphatic imine (C=N–C) groups is 1. The van der Waals surface area contributed by atoms with Crippen LogP contribution >= 0.6 is 0 Å². The Hall–Kier alpha value is -2.95. The van der Waals surface area contributed by atoms with Gasteiger partial charge in [-0.2, -0.15) is 0 Å². The average molecular weight is 362 g/mol. The van der Waals surface area contributed by atoms with Crippen molar-refractivity contribution in [1.29, 1.82) is 0 Å². The maximum absolute atomic E-state index is 12.4. The van der Waals surface area contributed by atoms with Crippen molar-refractivity contribution in [3.05, 3.63) is 64.9 Å². The fourth-order valence-electron chi connectivity index (χ4n) is 3.96. The summed E-state index contributed by atoms with van der Waals surface area (Å²) < 4.78 is 5.19. The molecule has 27 heavy (non-hydrogen) atoms. The summed E-state index contributed by atoms with van der Waals surface area (Å²) in [5.74, 6) is 0.616. The Bertz CT molecular complexity index is 921. The molecule has 138 valence electrons. The molecule has 4 rings (SSSR count). The first-order chi connectivity index (χ1) is 13.1. The van der Waals surface area contributed by atoms with Gasteiger partial charge in [0.1, 0.15) is 5.75 Å². The molecule has 0 aromatic heterocycles. The van der Waals surface area contributed by atoms with Crippen LogP contribution in [0, 0.1) is 5.92 Å². The number of benzene rings is 1. The fraction of sp³-hybridized carbons (Fsp3) is 0.318. The van der Waals surface area contributed by atoms with Crippen LogP contribution in [0.1, 0.15) is 31.2 Å². The van der Waals surface area contributed by atoms with E-state index in [2.05, 4.69) is 10.3 Å². The fourth-order valence-corrected chi connectivity index (χ4v) is 3.96. The first-order valence-corrected chi connectivity index (χ1v) is 9.31. The Balaban J connectivity index is 1.52. The molecule has 1 aliphatic heterocycles. The molecule has 0 fully saturated rings. The quantitative estimate of drug-likeness (QED) is 0.897. The van der Waals surface area contributed by atoms with E-state index in [0.29, 0.717) is 5.71 Å². The van der Waals surface area contributed by atoms with Crippen molar-refractivity contribution in [3.63, 3.8) is 0 Å². The molecule has 2 amide bonds. The molecule has 1 unspecified atom stereocenters. The third-order valence-corrected chi connectivity index (χ3v) is 5.26. The van der Waals surface area contributed by atoms with Crippen molar-refractivity contribution in [2.45, 2.75) is 32.1 Å². The number of hydrogen-bond donors (Lipinski definition) is 1. The Kier molecular flexibility index (Phi) is 4.75. The lowest BCUT2D eigenvalue weighted by molar-refractivity contribution is -0.118. The van der Waals surface area contributed by atoms with Crippen LogP contribution in [0.15, 0.2) is 64.3 Å². The molecule has 1 atom stereocenters. The summed E-state index contributed by atoms with van der Waals surface area (Å²) in [5.41, 5.74) is 4.44. The van der Waals surface area contributed by atoms with Crippen LogP contribution in [0.5, 0.6) is 5.75 Å². The minimum absolute atomic E-state index is 0.00422. The smallest absolute Gasteiger partial charge is 0.251 e. The number of nitrogens with zero attached hydrogens (tertiary/aromatic N) is 1. The van der Waals surface area contributed by atoms with Crippen molar-refractivity contribution in [2.24, 2.45) is 10.9 Å². The van der Waals surface area contributed by atoms with Gasteiger partial charge in [-0.15, -0.1) is 0 Å². The van der Waals surface area contributed by atoms with Gasteiger partial charge in [-0.05, 0) is 61.1 Å². The van der Waals surface area contributed by atoms with Gasteiger partial charge in [0.25, 0.3) is 11.8 Å². The van der Waals surface area contributed by atoms with Gasteiger partial charge < -0.3 is 10.1 Å². The monoisotopic (exact) mass is 362 g/mol. The maximum Gasteiger partial charge on any atom is 0.251 e. The molecule has 0 spiro atoms. The highest BCUT2D eigenvalue weighted by atomic mass is 16.5. The van der Waals surface area contributed by atoms with Gasteiger partial charge in [-0.1, -0.05) is 18.2 Å². The number of amides is 2. The number of carbonyl (C=O) groups excluding carboxylic acids is 2. The molecule has 0 radical (unpaired) electrons. The zero-order valence-electron chi connectivity index (χ0n) is 15.3. The number of rotatable bonds is 3. The number of methoxy groups -OCH3 is 1. The van der Waals surface area contributed by atoms with Crippen LogP contribution in [0.4, 0.5) is 0 Å². The summed E-state index contributed by atoms with van der Waals surface area (Å²) in [4.78, 5) is 28.9. The Labute approximate surface area is 158 Å². The van der Waals surface area contributed by atoms with Crippen LogP contribution in [-0.2, 0) is 16.0 Å². The van der Waals surface area contributed by atoms with Crippen molar-refractivity contribution in [3.8, 4) is 5.75 Å². The molecule has 0 bridgehead atoms. The maximum atomic E-state index is 12.4. The largest absolute Gasteiger partial charge is 0.497 e. The average Bonchev–Trinajstić information content (AvgIpc) is 2.68. The summed E-state index contributed by atoms with van der Waals surface area (Å²) in [5, 5.41) is 2.99. The number of nitrogens with one attached hydrogen (secondary N) is 1. The second-order valence-electron chi connectivity index (χ2n) is 7.06. The van der Waals surface area contributed by atoms with Crippen LogP contribution in [-0.4, -0.2) is 24.6 Å². The van der Waals surface area contributed by atoms with Crippen molar-refractivity contribution in [2.75, 3.05) is 7.11 Å². The highest BCUT2D eigenvalue weighted by Gasteiger charge is 2.33. The van der Waals surface area contributed by atoms with Gasteiger partial charge in [0.05, 0.1) is 19.2 Å². The van der Waals surface area contributed by atoms with E-state index >= 15 is 0 Å². The lowest BCUT2D eigenvalue weighted by Gasteiger charge is -2.33.